The first-order chi connectivity index (χ1) is 11.9. The Morgan fingerprint density at radius 2 is 1.92 bits per heavy atom. The van der Waals surface area contributed by atoms with Crippen LogP contribution in [0.15, 0.2) is 18.2 Å². The van der Waals surface area contributed by atoms with E-state index >= 15 is 0 Å². The van der Waals surface area contributed by atoms with Gasteiger partial charge >= 0.3 is 6.09 Å². The first-order valence-electron chi connectivity index (χ1n) is 9.02. The van der Waals surface area contributed by atoms with Gasteiger partial charge in [0.15, 0.2) is 6.54 Å². The first-order valence-corrected chi connectivity index (χ1v) is 9.02. The Hall–Kier alpha value is -2.08. The van der Waals surface area contributed by atoms with Gasteiger partial charge in [-0.1, -0.05) is 18.2 Å². The number of quaternary nitrogens is 1. The summed E-state index contributed by atoms with van der Waals surface area (Å²) >= 11 is 0. The topological polar surface area (TPSA) is 63.1 Å². The monoisotopic (exact) mass is 348 g/mol. The van der Waals surface area contributed by atoms with Gasteiger partial charge in [-0.05, 0) is 44.4 Å². The molecular weight excluding hydrogens is 318 g/mol. The van der Waals surface area contributed by atoms with Crippen LogP contribution in [0.5, 0.6) is 0 Å². The van der Waals surface area contributed by atoms with Crippen molar-refractivity contribution in [3.63, 3.8) is 0 Å². The van der Waals surface area contributed by atoms with E-state index in [2.05, 4.69) is 37.4 Å². The molecule has 1 fully saturated rings. The van der Waals surface area contributed by atoms with E-state index in [1.54, 1.807) is 11.8 Å². The van der Waals surface area contributed by atoms with Crippen molar-refractivity contribution in [2.45, 2.75) is 33.7 Å². The summed E-state index contributed by atoms with van der Waals surface area (Å²) in [5, 5.41) is 3.08. The fourth-order valence-corrected chi connectivity index (χ4v) is 3.03. The standard InChI is InChI=1S/C19H29N3O3/c1-5-25-19(24)22-10-8-21(9-11-22)13-18(23)20-16(4)17-7-6-14(2)15(3)12-17/h6-7,12,16H,5,8-11,13H2,1-4H3,(H,20,23)/p+1/t16-/m0/s1. The summed E-state index contributed by atoms with van der Waals surface area (Å²) in [6, 6.07) is 6.28. The van der Waals surface area contributed by atoms with Gasteiger partial charge in [0, 0.05) is 0 Å². The van der Waals surface area contributed by atoms with Gasteiger partial charge in [0.05, 0.1) is 38.8 Å². The summed E-state index contributed by atoms with van der Waals surface area (Å²) in [5.41, 5.74) is 3.61. The maximum atomic E-state index is 12.3. The molecule has 0 radical (unpaired) electrons. The second-order valence-electron chi connectivity index (χ2n) is 6.75. The van der Waals surface area contributed by atoms with Gasteiger partial charge in [-0.3, -0.25) is 9.69 Å². The molecule has 25 heavy (non-hydrogen) atoms. The summed E-state index contributed by atoms with van der Waals surface area (Å²) in [6.07, 6.45) is -0.255. The zero-order valence-corrected chi connectivity index (χ0v) is 15.7. The highest BCUT2D eigenvalue weighted by atomic mass is 16.6. The first kappa shape index (κ1) is 19.2. The molecule has 0 aliphatic carbocycles. The van der Waals surface area contributed by atoms with E-state index in [9.17, 15) is 9.59 Å². The lowest BCUT2D eigenvalue weighted by molar-refractivity contribution is -0.896. The van der Waals surface area contributed by atoms with Crippen molar-refractivity contribution < 1.29 is 19.2 Å². The molecule has 1 aliphatic heterocycles. The van der Waals surface area contributed by atoms with Crippen LogP contribution in [0.25, 0.3) is 0 Å². The number of ether oxygens (including phenoxy) is 1. The average molecular weight is 348 g/mol. The Bertz CT molecular complexity index is 610. The van der Waals surface area contributed by atoms with Gasteiger partial charge in [0.1, 0.15) is 0 Å². The Morgan fingerprint density at radius 3 is 2.52 bits per heavy atom. The van der Waals surface area contributed by atoms with Crippen LogP contribution < -0.4 is 10.2 Å². The van der Waals surface area contributed by atoms with E-state index in [-0.39, 0.29) is 18.0 Å². The van der Waals surface area contributed by atoms with Crippen LogP contribution in [0.3, 0.4) is 0 Å². The van der Waals surface area contributed by atoms with Gasteiger partial charge in [0.25, 0.3) is 5.91 Å². The Morgan fingerprint density at radius 1 is 1.24 bits per heavy atom. The number of nitrogens with one attached hydrogen (secondary N) is 2. The SMILES string of the molecule is CCOC(=O)N1CC[NH+](CC(=O)N[C@@H](C)c2ccc(C)c(C)c2)CC1. The van der Waals surface area contributed by atoms with Crippen LogP contribution in [0.1, 0.15) is 36.6 Å². The number of nitrogens with zero attached hydrogens (tertiary/aromatic N) is 1. The van der Waals surface area contributed by atoms with Crippen LogP contribution >= 0.6 is 0 Å². The number of hydrogen-bond donors (Lipinski definition) is 2. The van der Waals surface area contributed by atoms with Crippen molar-refractivity contribution in [1.29, 1.82) is 0 Å². The minimum absolute atomic E-state index is 0.00739. The van der Waals surface area contributed by atoms with E-state index in [4.69, 9.17) is 4.74 Å². The molecule has 2 rings (SSSR count). The predicted molar refractivity (Wildman–Crippen MR) is 96.6 cm³/mol. The minimum atomic E-state index is -0.255. The van der Waals surface area contributed by atoms with Crippen molar-refractivity contribution in [3.8, 4) is 0 Å². The van der Waals surface area contributed by atoms with E-state index in [0.29, 0.717) is 26.2 Å². The van der Waals surface area contributed by atoms with E-state index < -0.39 is 0 Å². The number of rotatable bonds is 5. The van der Waals surface area contributed by atoms with Crippen LogP contribution in [0, 0.1) is 13.8 Å². The summed E-state index contributed by atoms with van der Waals surface area (Å²) in [5.74, 6) is 0.0466. The number of carbonyl (C=O) groups is 2. The van der Waals surface area contributed by atoms with Crippen molar-refractivity contribution in [2.75, 3.05) is 39.3 Å². The Kier molecular flexibility index (Phi) is 6.82. The lowest BCUT2D eigenvalue weighted by Crippen LogP contribution is -3.15. The number of benzene rings is 1. The second kappa shape index (κ2) is 8.85. The van der Waals surface area contributed by atoms with Crippen molar-refractivity contribution in [1.82, 2.24) is 10.2 Å². The normalized spacial score (nSPS) is 16.4. The van der Waals surface area contributed by atoms with Gasteiger partial charge in [-0.25, -0.2) is 4.79 Å². The molecule has 2 amide bonds. The summed E-state index contributed by atoms with van der Waals surface area (Å²) in [4.78, 5) is 26.9. The smallest absolute Gasteiger partial charge is 0.410 e. The molecule has 1 aliphatic rings. The lowest BCUT2D eigenvalue weighted by Gasteiger charge is -2.31. The molecule has 138 valence electrons. The number of carbonyl (C=O) groups excluding carboxylic acids is 2. The second-order valence-corrected chi connectivity index (χ2v) is 6.75. The van der Waals surface area contributed by atoms with E-state index in [0.717, 1.165) is 18.7 Å². The maximum absolute atomic E-state index is 12.3. The number of hydrogen-bond acceptors (Lipinski definition) is 3. The molecule has 0 saturated carbocycles. The molecule has 6 nitrogen and oxygen atoms in total. The predicted octanol–water partition coefficient (Wildman–Crippen LogP) is 0.838. The summed E-state index contributed by atoms with van der Waals surface area (Å²) in [6.45, 7) is 11.6. The summed E-state index contributed by atoms with van der Waals surface area (Å²) < 4.78 is 5.02. The fraction of sp³-hybridized carbons (Fsp3) is 0.579. The van der Waals surface area contributed by atoms with Crippen molar-refractivity contribution in [2.24, 2.45) is 0 Å². The molecule has 1 aromatic rings. The lowest BCUT2D eigenvalue weighted by atomic mass is 10.0. The van der Waals surface area contributed by atoms with Gasteiger partial charge in [-0.15, -0.1) is 0 Å². The average Bonchev–Trinajstić information content (AvgIpc) is 2.58. The van der Waals surface area contributed by atoms with E-state index in [1.165, 1.54) is 16.0 Å². The highest BCUT2D eigenvalue weighted by Crippen LogP contribution is 2.16. The molecular formula is C19H30N3O3+. The fourth-order valence-electron chi connectivity index (χ4n) is 3.03. The Balaban J connectivity index is 1.79. The third-order valence-electron chi connectivity index (χ3n) is 4.82. The minimum Gasteiger partial charge on any atom is -0.450 e. The molecule has 2 N–H and O–H groups in total. The van der Waals surface area contributed by atoms with E-state index in [1.807, 2.05) is 6.92 Å². The molecule has 0 bridgehead atoms. The van der Waals surface area contributed by atoms with Crippen LogP contribution in [-0.4, -0.2) is 56.2 Å². The number of aryl methyl sites for hydroxylation is 2. The zero-order valence-electron chi connectivity index (χ0n) is 15.7. The molecule has 1 atom stereocenters. The number of amides is 2. The van der Waals surface area contributed by atoms with Crippen LogP contribution in [0.4, 0.5) is 4.79 Å². The quantitative estimate of drug-likeness (QED) is 0.829. The molecule has 1 saturated heterocycles. The van der Waals surface area contributed by atoms with Crippen LogP contribution in [-0.2, 0) is 9.53 Å². The summed E-state index contributed by atoms with van der Waals surface area (Å²) in [7, 11) is 0. The molecule has 0 spiro atoms. The molecule has 0 aromatic heterocycles. The molecule has 1 aromatic carbocycles. The largest absolute Gasteiger partial charge is 0.450 e. The van der Waals surface area contributed by atoms with Crippen molar-refractivity contribution >= 4 is 12.0 Å². The Labute approximate surface area is 150 Å². The molecule has 0 unspecified atom stereocenters. The molecule has 1 heterocycles. The number of piperazine rings is 1. The van der Waals surface area contributed by atoms with Gasteiger partial charge in [0.2, 0.25) is 0 Å². The third kappa shape index (κ3) is 5.46. The third-order valence-corrected chi connectivity index (χ3v) is 4.82. The zero-order chi connectivity index (χ0) is 18.4. The molecule has 6 heteroatoms. The highest BCUT2D eigenvalue weighted by Gasteiger charge is 2.26. The highest BCUT2D eigenvalue weighted by molar-refractivity contribution is 5.77. The van der Waals surface area contributed by atoms with Gasteiger partial charge < -0.3 is 15.0 Å². The van der Waals surface area contributed by atoms with Crippen molar-refractivity contribution in [3.05, 3.63) is 34.9 Å². The van der Waals surface area contributed by atoms with Gasteiger partial charge in [-0.2, -0.15) is 0 Å². The maximum Gasteiger partial charge on any atom is 0.410 e. The van der Waals surface area contributed by atoms with Crippen LogP contribution in [0.2, 0.25) is 0 Å².